The minimum atomic E-state index is -0.476. The summed E-state index contributed by atoms with van der Waals surface area (Å²) in [6.45, 7) is 0.259. The number of methoxy groups -OCH3 is 1. The van der Waals surface area contributed by atoms with Gasteiger partial charge in [0.25, 0.3) is 5.91 Å². The van der Waals surface area contributed by atoms with Gasteiger partial charge in [0, 0.05) is 12.1 Å². The lowest BCUT2D eigenvalue weighted by atomic mass is 10.1. The molecule has 3 aromatic rings. The van der Waals surface area contributed by atoms with Gasteiger partial charge in [0.2, 0.25) is 5.43 Å². The molecule has 0 aliphatic carbocycles. The Bertz CT molecular complexity index is 914. The van der Waals surface area contributed by atoms with Crippen molar-refractivity contribution in [2.24, 2.45) is 0 Å². The summed E-state index contributed by atoms with van der Waals surface area (Å²) in [6.07, 6.45) is 1.20. The molecule has 5 heteroatoms. The predicted octanol–water partition coefficient (Wildman–Crippen LogP) is 2.73. The molecule has 2 aromatic carbocycles. The summed E-state index contributed by atoms with van der Waals surface area (Å²) >= 11 is 0. The molecule has 0 unspecified atom stereocenters. The van der Waals surface area contributed by atoms with Gasteiger partial charge in [-0.2, -0.15) is 0 Å². The third kappa shape index (κ3) is 2.94. The Labute approximate surface area is 132 Å². The number of carbonyl (C=O) groups excluding carboxylic acids is 1. The molecule has 116 valence electrons. The molecule has 3 rings (SSSR count). The number of hydrogen-bond acceptors (Lipinski definition) is 4. The first-order valence-electron chi connectivity index (χ1n) is 7.11. The summed E-state index contributed by atoms with van der Waals surface area (Å²) in [5.74, 6) is 0.203. The fraction of sp³-hybridized carbons (Fsp3) is 0.111. The highest BCUT2D eigenvalue weighted by Gasteiger charge is 2.14. The van der Waals surface area contributed by atoms with Gasteiger partial charge in [-0.3, -0.25) is 9.59 Å². The molecule has 23 heavy (non-hydrogen) atoms. The molecule has 0 aliphatic heterocycles. The Morgan fingerprint density at radius 3 is 2.70 bits per heavy atom. The van der Waals surface area contributed by atoms with Crippen LogP contribution in [0.2, 0.25) is 0 Å². The predicted molar refractivity (Wildman–Crippen MR) is 86.6 cm³/mol. The van der Waals surface area contributed by atoms with Gasteiger partial charge < -0.3 is 14.5 Å². The van der Waals surface area contributed by atoms with Gasteiger partial charge in [-0.05, 0) is 18.2 Å². The molecule has 0 spiro atoms. The SMILES string of the molecule is COc1ccccc1CNC(=O)c1coc2ccccc2c1=O. The molecule has 0 saturated heterocycles. The summed E-state index contributed by atoms with van der Waals surface area (Å²) in [5, 5.41) is 3.10. The average Bonchev–Trinajstić information content (AvgIpc) is 2.60. The van der Waals surface area contributed by atoms with E-state index in [-0.39, 0.29) is 17.5 Å². The van der Waals surface area contributed by atoms with Crippen LogP contribution in [0.25, 0.3) is 11.0 Å². The van der Waals surface area contributed by atoms with Crippen molar-refractivity contribution in [2.75, 3.05) is 7.11 Å². The second-order valence-electron chi connectivity index (χ2n) is 4.97. The third-order valence-electron chi connectivity index (χ3n) is 3.56. The van der Waals surface area contributed by atoms with Crippen LogP contribution >= 0.6 is 0 Å². The molecule has 0 aliphatic rings. The summed E-state index contributed by atoms with van der Waals surface area (Å²) in [7, 11) is 1.57. The Balaban J connectivity index is 1.84. The van der Waals surface area contributed by atoms with E-state index in [0.717, 1.165) is 5.56 Å². The van der Waals surface area contributed by atoms with Crippen LogP contribution in [-0.2, 0) is 6.54 Å². The quantitative estimate of drug-likeness (QED) is 0.804. The van der Waals surface area contributed by atoms with Crippen molar-refractivity contribution >= 4 is 16.9 Å². The smallest absolute Gasteiger partial charge is 0.258 e. The molecule has 0 fully saturated rings. The monoisotopic (exact) mass is 309 g/mol. The van der Waals surface area contributed by atoms with E-state index >= 15 is 0 Å². The second-order valence-corrected chi connectivity index (χ2v) is 4.97. The molecule has 1 amide bonds. The van der Waals surface area contributed by atoms with Gasteiger partial charge in [-0.15, -0.1) is 0 Å². The topological polar surface area (TPSA) is 68.5 Å². The second kappa shape index (κ2) is 6.36. The van der Waals surface area contributed by atoms with Crippen molar-refractivity contribution in [3.05, 3.63) is 76.1 Å². The van der Waals surface area contributed by atoms with Crippen molar-refractivity contribution in [1.29, 1.82) is 0 Å². The highest BCUT2D eigenvalue weighted by Crippen LogP contribution is 2.17. The maximum atomic E-state index is 12.4. The van der Waals surface area contributed by atoms with E-state index in [9.17, 15) is 9.59 Å². The van der Waals surface area contributed by atoms with Crippen LogP contribution in [0.5, 0.6) is 5.75 Å². The normalized spacial score (nSPS) is 10.5. The van der Waals surface area contributed by atoms with Crippen LogP contribution in [0.4, 0.5) is 0 Å². The third-order valence-corrected chi connectivity index (χ3v) is 3.56. The lowest BCUT2D eigenvalue weighted by Gasteiger charge is -2.09. The molecule has 1 aromatic heterocycles. The molecular formula is C18H15NO4. The highest BCUT2D eigenvalue weighted by molar-refractivity contribution is 5.96. The van der Waals surface area contributed by atoms with Gasteiger partial charge in [0.05, 0.1) is 12.5 Å². The van der Waals surface area contributed by atoms with Crippen LogP contribution in [0, 0.1) is 0 Å². The van der Waals surface area contributed by atoms with Crippen molar-refractivity contribution in [3.63, 3.8) is 0 Å². The first-order chi connectivity index (χ1) is 11.2. The van der Waals surface area contributed by atoms with Gasteiger partial charge in [-0.1, -0.05) is 30.3 Å². The Morgan fingerprint density at radius 2 is 1.87 bits per heavy atom. The number of fused-ring (bicyclic) bond motifs is 1. The number of carbonyl (C=O) groups is 1. The van der Waals surface area contributed by atoms with E-state index in [0.29, 0.717) is 16.7 Å². The summed E-state index contributed by atoms with van der Waals surface area (Å²) in [6, 6.07) is 14.2. The number of para-hydroxylation sites is 2. The van der Waals surface area contributed by atoms with Gasteiger partial charge in [0.1, 0.15) is 23.2 Å². The van der Waals surface area contributed by atoms with Gasteiger partial charge in [-0.25, -0.2) is 0 Å². The van der Waals surface area contributed by atoms with Crippen molar-refractivity contribution in [2.45, 2.75) is 6.54 Å². The van der Waals surface area contributed by atoms with Crippen LogP contribution in [0.3, 0.4) is 0 Å². The lowest BCUT2D eigenvalue weighted by Crippen LogP contribution is -2.28. The minimum absolute atomic E-state index is 0.0152. The Hall–Kier alpha value is -3.08. The van der Waals surface area contributed by atoms with Gasteiger partial charge in [0.15, 0.2) is 0 Å². The molecule has 1 heterocycles. The van der Waals surface area contributed by atoms with Gasteiger partial charge >= 0.3 is 0 Å². The maximum absolute atomic E-state index is 12.4. The molecule has 0 bridgehead atoms. The number of nitrogens with one attached hydrogen (secondary N) is 1. The van der Waals surface area contributed by atoms with Crippen molar-refractivity contribution in [1.82, 2.24) is 5.32 Å². The number of rotatable bonds is 4. The van der Waals surface area contributed by atoms with E-state index in [1.807, 2.05) is 24.3 Å². The zero-order chi connectivity index (χ0) is 16.2. The highest BCUT2D eigenvalue weighted by atomic mass is 16.5. The number of benzene rings is 2. The van der Waals surface area contributed by atoms with Crippen LogP contribution in [0.15, 0.2) is 64.0 Å². The Morgan fingerprint density at radius 1 is 1.13 bits per heavy atom. The maximum Gasteiger partial charge on any atom is 0.258 e. The zero-order valence-electron chi connectivity index (χ0n) is 12.5. The first kappa shape index (κ1) is 14.8. The van der Waals surface area contributed by atoms with Crippen molar-refractivity contribution < 1.29 is 13.9 Å². The van der Waals surface area contributed by atoms with Crippen molar-refractivity contribution in [3.8, 4) is 5.75 Å². The van der Waals surface area contributed by atoms with E-state index in [4.69, 9.17) is 9.15 Å². The molecule has 0 saturated carbocycles. The number of amides is 1. The molecule has 1 N–H and O–H groups in total. The average molecular weight is 309 g/mol. The van der Waals surface area contributed by atoms with Crippen LogP contribution in [-0.4, -0.2) is 13.0 Å². The van der Waals surface area contributed by atoms with E-state index < -0.39 is 5.91 Å². The first-order valence-corrected chi connectivity index (χ1v) is 7.11. The Kier molecular flexibility index (Phi) is 4.10. The number of hydrogen-bond donors (Lipinski definition) is 1. The largest absolute Gasteiger partial charge is 0.496 e. The van der Waals surface area contributed by atoms with E-state index in [2.05, 4.69) is 5.32 Å². The zero-order valence-corrected chi connectivity index (χ0v) is 12.5. The summed E-state index contributed by atoms with van der Waals surface area (Å²) < 4.78 is 10.6. The van der Waals surface area contributed by atoms with Crippen LogP contribution < -0.4 is 15.5 Å². The fourth-order valence-electron chi connectivity index (χ4n) is 2.35. The minimum Gasteiger partial charge on any atom is -0.496 e. The summed E-state index contributed by atoms with van der Waals surface area (Å²) in [4.78, 5) is 24.6. The standard InChI is InChI=1S/C18H15NO4/c1-22-15-8-4-2-6-12(15)10-19-18(21)14-11-23-16-9-5-3-7-13(16)17(14)20/h2-9,11H,10H2,1H3,(H,19,21). The molecular weight excluding hydrogens is 294 g/mol. The molecule has 0 radical (unpaired) electrons. The summed E-state index contributed by atoms with van der Waals surface area (Å²) in [5.41, 5.74) is 0.926. The van der Waals surface area contributed by atoms with E-state index in [1.165, 1.54) is 6.26 Å². The molecule has 0 atom stereocenters. The number of ether oxygens (including phenoxy) is 1. The fourth-order valence-corrected chi connectivity index (χ4v) is 2.35. The van der Waals surface area contributed by atoms with E-state index in [1.54, 1.807) is 31.4 Å². The molecule has 5 nitrogen and oxygen atoms in total. The lowest BCUT2D eigenvalue weighted by molar-refractivity contribution is 0.0948. The van der Waals surface area contributed by atoms with Crippen LogP contribution in [0.1, 0.15) is 15.9 Å².